The van der Waals surface area contributed by atoms with Gasteiger partial charge < -0.3 is 0 Å². The second kappa shape index (κ2) is 2.48. The Morgan fingerprint density at radius 3 is 0.571 bits per heavy atom. The fourth-order valence-corrected chi connectivity index (χ4v) is 11.6. The van der Waals surface area contributed by atoms with Gasteiger partial charge in [-0.05, 0) is 48.7 Å². The Morgan fingerprint density at radius 1 is 0.286 bits per heavy atom. The molecule has 0 nitrogen and oxygen atoms in total. The van der Waals surface area contributed by atoms with Crippen molar-refractivity contribution in [2.24, 2.45) is 48.7 Å². The van der Waals surface area contributed by atoms with E-state index in [2.05, 4.69) is 83.1 Å². The van der Waals surface area contributed by atoms with E-state index >= 15 is 0 Å². The number of hydrogen-bond donors (Lipinski definition) is 0. The molecular weight excluding hydrogens is 252 g/mol. The van der Waals surface area contributed by atoms with Gasteiger partial charge in [-0.15, -0.1) is 0 Å². The minimum atomic E-state index is 0.419. The Labute approximate surface area is 132 Å². The fraction of sp³-hybridized carbons (Fsp3) is 1.00. The maximum atomic E-state index is 2.64. The first kappa shape index (κ1) is 14.6. The Balaban J connectivity index is 2.10. The molecule has 0 N–H and O–H groups in total. The molecule has 0 heterocycles. The summed E-state index contributed by atoms with van der Waals surface area (Å²) in [6.07, 6.45) is 0. The summed E-state index contributed by atoms with van der Waals surface area (Å²) < 4.78 is 0. The molecule has 21 heavy (non-hydrogen) atoms. The molecule has 4 fully saturated rings. The molecule has 0 bridgehead atoms. The van der Waals surface area contributed by atoms with E-state index in [0.717, 1.165) is 0 Å². The van der Waals surface area contributed by atoms with Crippen molar-refractivity contribution in [1.82, 2.24) is 0 Å². The van der Waals surface area contributed by atoms with Crippen LogP contribution in [0.2, 0.25) is 0 Å². The molecule has 0 heteroatoms. The van der Waals surface area contributed by atoms with E-state index in [9.17, 15) is 0 Å². The van der Waals surface area contributed by atoms with Crippen molar-refractivity contribution in [3.63, 3.8) is 0 Å². The van der Waals surface area contributed by atoms with Gasteiger partial charge in [-0.25, -0.2) is 0 Å². The summed E-state index contributed by atoms with van der Waals surface area (Å²) in [6, 6.07) is 0. The monoisotopic (exact) mass is 288 g/mol. The van der Waals surface area contributed by atoms with Crippen molar-refractivity contribution in [2.75, 3.05) is 0 Å². The second-order valence-electron chi connectivity index (χ2n) is 11.8. The minimum absolute atomic E-state index is 0.419. The largest absolute Gasteiger partial charge is 0.0588 e. The van der Waals surface area contributed by atoms with Gasteiger partial charge in [0.15, 0.2) is 0 Å². The SMILES string of the molecule is CC1(C)C2(C)C(C)(C)C3(C)C(C)(C)C4(C)C(C)(C)C1(C)C234. The molecule has 0 amide bonds. The highest BCUT2D eigenvalue weighted by Gasteiger charge is 3.15. The van der Waals surface area contributed by atoms with Crippen LogP contribution in [0.3, 0.4) is 0 Å². The molecule has 1 spiro atoms. The molecule has 0 aromatic heterocycles. The van der Waals surface area contributed by atoms with Crippen LogP contribution in [0.5, 0.6) is 0 Å². The van der Waals surface area contributed by atoms with Crippen molar-refractivity contribution in [3.05, 3.63) is 0 Å². The third-order valence-corrected chi connectivity index (χ3v) is 13.0. The molecule has 0 aliphatic heterocycles. The van der Waals surface area contributed by atoms with E-state index in [1.807, 2.05) is 0 Å². The molecule has 4 aliphatic carbocycles. The van der Waals surface area contributed by atoms with E-state index in [4.69, 9.17) is 0 Å². The summed E-state index contributed by atoms with van der Waals surface area (Å²) in [5, 5.41) is 0. The van der Waals surface area contributed by atoms with E-state index in [1.165, 1.54) is 0 Å². The molecular formula is C21H36. The van der Waals surface area contributed by atoms with E-state index < -0.39 is 0 Å². The van der Waals surface area contributed by atoms with Crippen LogP contribution in [0, 0.1) is 48.7 Å². The Kier molecular flexibility index (Phi) is 1.72. The first-order valence-corrected chi connectivity index (χ1v) is 9.00. The molecule has 4 aliphatic rings. The third kappa shape index (κ3) is 0.556. The van der Waals surface area contributed by atoms with Gasteiger partial charge in [0, 0.05) is 0 Å². The lowest BCUT2D eigenvalue weighted by Crippen LogP contribution is -3.15. The summed E-state index contributed by atoms with van der Waals surface area (Å²) in [5.74, 6) is 0. The number of rotatable bonds is 0. The summed E-state index contributed by atoms with van der Waals surface area (Å²) in [7, 11) is 0. The lowest BCUT2D eigenvalue weighted by molar-refractivity contribution is -0.720. The lowest BCUT2D eigenvalue weighted by atomic mass is 8.85. The zero-order chi connectivity index (χ0) is 16.5. The van der Waals surface area contributed by atoms with Crippen LogP contribution in [0.1, 0.15) is 83.1 Å². The Hall–Kier alpha value is 0. The maximum absolute atomic E-state index is 2.64. The predicted molar refractivity (Wildman–Crippen MR) is 90.0 cm³/mol. The Morgan fingerprint density at radius 2 is 0.429 bits per heavy atom. The van der Waals surface area contributed by atoms with Crippen LogP contribution < -0.4 is 0 Å². The smallest absolute Gasteiger partial charge is 0.00397 e. The van der Waals surface area contributed by atoms with Crippen LogP contribution in [0.25, 0.3) is 0 Å². The maximum Gasteiger partial charge on any atom is -0.00397 e. The first-order valence-electron chi connectivity index (χ1n) is 9.00. The highest BCUT2D eigenvalue weighted by Crippen LogP contribution is 3.19. The van der Waals surface area contributed by atoms with Gasteiger partial charge in [0.25, 0.3) is 0 Å². The summed E-state index contributed by atoms with van der Waals surface area (Å²) in [6.45, 7) is 31.2. The summed E-state index contributed by atoms with van der Waals surface area (Å²) >= 11 is 0. The molecule has 120 valence electrons. The van der Waals surface area contributed by atoms with Crippen LogP contribution in [0.15, 0.2) is 0 Å². The van der Waals surface area contributed by atoms with Gasteiger partial charge in [-0.1, -0.05) is 83.1 Å². The highest BCUT2D eigenvalue weighted by molar-refractivity contribution is 5.61. The van der Waals surface area contributed by atoms with Gasteiger partial charge in [-0.3, -0.25) is 0 Å². The summed E-state index contributed by atoms with van der Waals surface area (Å²) in [4.78, 5) is 0. The van der Waals surface area contributed by atoms with Gasteiger partial charge in [-0.2, -0.15) is 0 Å². The van der Waals surface area contributed by atoms with Crippen LogP contribution in [-0.4, -0.2) is 0 Å². The van der Waals surface area contributed by atoms with Gasteiger partial charge in [0.05, 0.1) is 0 Å². The molecule has 0 saturated heterocycles. The van der Waals surface area contributed by atoms with Crippen molar-refractivity contribution < 1.29 is 0 Å². The van der Waals surface area contributed by atoms with E-state index in [1.54, 1.807) is 0 Å². The molecule has 0 aromatic carbocycles. The van der Waals surface area contributed by atoms with Gasteiger partial charge in [0.2, 0.25) is 0 Å². The molecule has 0 radical (unpaired) electrons. The predicted octanol–water partition coefficient (Wildman–Crippen LogP) is 6.16. The topological polar surface area (TPSA) is 0 Å². The second-order valence-corrected chi connectivity index (χ2v) is 11.8. The van der Waals surface area contributed by atoms with Gasteiger partial charge >= 0.3 is 0 Å². The average molecular weight is 289 g/mol. The molecule has 4 saturated carbocycles. The molecule has 0 aromatic rings. The van der Waals surface area contributed by atoms with Gasteiger partial charge in [0.1, 0.15) is 0 Å². The summed E-state index contributed by atoms with van der Waals surface area (Å²) in [5.41, 5.74) is 4.09. The van der Waals surface area contributed by atoms with Crippen LogP contribution >= 0.6 is 0 Å². The quantitative estimate of drug-likeness (QED) is 0.501. The average Bonchev–Trinajstić information content (AvgIpc) is 2.35. The van der Waals surface area contributed by atoms with E-state index in [-0.39, 0.29) is 0 Å². The third-order valence-electron chi connectivity index (χ3n) is 13.0. The standard InChI is InChI=1S/C21H36/c1-13(2)17(9)14(3,4)19(11)16(7,8)20(12)15(5,6)18(13,10)21(17,19)20/h1-12H3. The highest BCUT2D eigenvalue weighted by atomic mass is 15.2. The van der Waals surface area contributed by atoms with Crippen LogP contribution in [-0.2, 0) is 0 Å². The normalized spacial score (nSPS) is 65.7. The molecule has 0 unspecified atom stereocenters. The van der Waals surface area contributed by atoms with Crippen molar-refractivity contribution in [1.29, 1.82) is 0 Å². The van der Waals surface area contributed by atoms with Crippen molar-refractivity contribution >= 4 is 0 Å². The van der Waals surface area contributed by atoms with E-state index in [0.29, 0.717) is 48.7 Å². The fourth-order valence-electron chi connectivity index (χ4n) is 11.6. The zero-order valence-corrected chi connectivity index (χ0v) is 16.5. The minimum Gasteiger partial charge on any atom is -0.0588 e. The zero-order valence-electron chi connectivity index (χ0n) is 16.5. The van der Waals surface area contributed by atoms with Crippen molar-refractivity contribution in [2.45, 2.75) is 83.1 Å². The van der Waals surface area contributed by atoms with Crippen molar-refractivity contribution in [3.8, 4) is 0 Å². The number of hydrogen-bond acceptors (Lipinski definition) is 0. The molecule has 4 rings (SSSR count). The lowest BCUT2D eigenvalue weighted by Gasteiger charge is -3.18. The molecule has 0 atom stereocenters. The Bertz CT molecular complexity index is 462. The van der Waals surface area contributed by atoms with Crippen LogP contribution in [0.4, 0.5) is 0 Å². The first-order chi connectivity index (χ1) is 9.00.